The fourth-order valence-corrected chi connectivity index (χ4v) is 2.12. The van der Waals surface area contributed by atoms with Gasteiger partial charge in [-0.1, -0.05) is 13.8 Å². The van der Waals surface area contributed by atoms with Crippen LogP contribution in [0, 0.1) is 0 Å². The van der Waals surface area contributed by atoms with Crippen molar-refractivity contribution in [1.29, 1.82) is 0 Å². The lowest BCUT2D eigenvalue weighted by Gasteiger charge is -2.25. The number of methoxy groups -OCH3 is 1. The second-order valence-corrected chi connectivity index (χ2v) is 4.04. The molecule has 2 atom stereocenters. The molecule has 1 N–H and O–H groups in total. The molecule has 0 aliphatic heterocycles. The van der Waals surface area contributed by atoms with Crippen LogP contribution in [0.2, 0.25) is 0 Å². The number of hydrogen-bond acceptors (Lipinski definition) is 4. The third-order valence-electron chi connectivity index (χ3n) is 3.02. The normalized spacial score (nSPS) is 14.8. The highest BCUT2D eigenvalue weighted by Crippen LogP contribution is 2.09. The lowest BCUT2D eigenvalue weighted by molar-refractivity contribution is 0.0649. The minimum Gasteiger partial charge on any atom is -0.380 e. The van der Waals surface area contributed by atoms with Crippen LogP contribution in [-0.2, 0) is 17.7 Å². The zero-order valence-electron chi connectivity index (χ0n) is 11.3. The number of likely N-dealkylation sites (N-methyl/N-ethyl adjacent to an activating group) is 1. The van der Waals surface area contributed by atoms with Gasteiger partial charge >= 0.3 is 0 Å². The van der Waals surface area contributed by atoms with E-state index in [0.29, 0.717) is 6.04 Å². The molecule has 1 aromatic rings. The van der Waals surface area contributed by atoms with E-state index in [1.807, 2.05) is 4.68 Å². The topological polar surface area (TPSA) is 52.0 Å². The van der Waals surface area contributed by atoms with Crippen molar-refractivity contribution in [2.75, 3.05) is 13.7 Å². The fraction of sp³-hybridized carbons (Fsp3) is 0.833. The van der Waals surface area contributed by atoms with Crippen molar-refractivity contribution in [1.82, 2.24) is 20.1 Å². The van der Waals surface area contributed by atoms with Gasteiger partial charge in [0, 0.05) is 26.1 Å². The Bertz CT molecular complexity index is 309. The van der Waals surface area contributed by atoms with Gasteiger partial charge in [-0.05, 0) is 19.9 Å². The maximum absolute atomic E-state index is 5.52. The summed E-state index contributed by atoms with van der Waals surface area (Å²) >= 11 is 0. The van der Waals surface area contributed by atoms with E-state index in [1.54, 1.807) is 13.4 Å². The molecule has 0 aliphatic carbocycles. The summed E-state index contributed by atoms with van der Waals surface area (Å²) in [6.45, 7) is 8.12. The Balaban J connectivity index is 2.71. The van der Waals surface area contributed by atoms with Crippen LogP contribution >= 0.6 is 0 Å². The van der Waals surface area contributed by atoms with Gasteiger partial charge in [0.25, 0.3) is 0 Å². The summed E-state index contributed by atoms with van der Waals surface area (Å²) in [7, 11) is 1.77. The zero-order chi connectivity index (χ0) is 12.7. The molecule has 17 heavy (non-hydrogen) atoms. The maximum atomic E-state index is 5.52. The SMILES string of the molecule is CCNC(Cc1ncnn1CC)C(CC)OC. The van der Waals surface area contributed by atoms with Crippen LogP contribution in [0.1, 0.15) is 33.0 Å². The van der Waals surface area contributed by atoms with E-state index in [1.165, 1.54) is 0 Å². The molecule has 1 rings (SSSR count). The van der Waals surface area contributed by atoms with Crippen LogP contribution in [0.5, 0.6) is 0 Å². The number of nitrogens with zero attached hydrogens (tertiary/aromatic N) is 3. The monoisotopic (exact) mass is 240 g/mol. The Morgan fingerprint density at radius 2 is 2.18 bits per heavy atom. The second kappa shape index (κ2) is 7.40. The Kier molecular flexibility index (Phi) is 6.15. The quantitative estimate of drug-likeness (QED) is 0.743. The summed E-state index contributed by atoms with van der Waals surface area (Å²) in [5.74, 6) is 1.02. The molecule has 0 fully saturated rings. The summed E-state index contributed by atoms with van der Waals surface area (Å²) in [6, 6.07) is 0.296. The molecule has 5 heteroatoms. The van der Waals surface area contributed by atoms with Crippen molar-refractivity contribution in [3.63, 3.8) is 0 Å². The van der Waals surface area contributed by atoms with Gasteiger partial charge in [-0.2, -0.15) is 5.10 Å². The molecule has 0 spiro atoms. The van der Waals surface area contributed by atoms with E-state index in [4.69, 9.17) is 4.74 Å². The maximum Gasteiger partial charge on any atom is 0.138 e. The largest absolute Gasteiger partial charge is 0.380 e. The third kappa shape index (κ3) is 3.78. The summed E-state index contributed by atoms with van der Waals surface area (Å²) in [4.78, 5) is 4.32. The van der Waals surface area contributed by atoms with Gasteiger partial charge in [0.05, 0.1) is 6.10 Å². The Morgan fingerprint density at radius 3 is 2.71 bits per heavy atom. The van der Waals surface area contributed by atoms with E-state index < -0.39 is 0 Å². The van der Waals surface area contributed by atoms with Crippen LogP contribution in [0.4, 0.5) is 0 Å². The van der Waals surface area contributed by atoms with Crippen molar-refractivity contribution in [3.8, 4) is 0 Å². The molecule has 0 aliphatic rings. The molecular formula is C12H24N4O. The first-order valence-electron chi connectivity index (χ1n) is 6.39. The number of aromatic nitrogens is 3. The van der Waals surface area contributed by atoms with Crippen molar-refractivity contribution >= 4 is 0 Å². The average Bonchev–Trinajstić information content (AvgIpc) is 2.78. The molecule has 0 saturated heterocycles. The smallest absolute Gasteiger partial charge is 0.138 e. The van der Waals surface area contributed by atoms with E-state index in [0.717, 1.165) is 31.8 Å². The predicted octanol–water partition coefficient (Wildman–Crippen LogP) is 1.24. The number of nitrogens with one attached hydrogen (secondary N) is 1. The highest BCUT2D eigenvalue weighted by molar-refractivity contribution is 4.92. The third-order valence-corrected chi connectivity index (χ3v) is 3.02. The molecule has 2 unspecified atom stereocenters. The minimum atomic E-state index is 0.219. The Hall–Kier alpha value is -0.940. The second-order valence-electron chi connectivity index (χ2n) is 4.04. The minimum absolute atomic E-state index is 0.219. The lowest BCUT2D eigenvalue weighted by atomic mass is 10.0. The zero-order valence-corrected chi connectivity index (χ0v) is 11.3. The molecule has 5 nitrogen and oxygen atoms in total. The Labute approximate surface area is 104 Å². The van der Waals surface area contributed by atoms with Crippen LogP contribution < -0.4 is 5.32 Å². The number of rotatable bonds is 8. The first-order valence-corrected chi connectivity index (χ1v) is 6.39. The molecule has 0 saturated carbocycles. The lowest BCUT2D eigenvalue weighted by Crippen LogP contribution is -2.42. The van der Waals surface area contributed by atoms with Gasteiger partial charge < -0.3 is 10.1 Å². The molecule has 1 aromatic heterocycles. The van der Waals surface area contributed by atoms with Gasteiger partial charge in [-0.3, -0.25) is 4.68 Å². The molecule has 98 valence electrons. The highest BCUT2D eigenvalue weighted by atomic mass is 16.5. The number of hydrogen-bond donors (Lipinski definition) is 1. The van der Waals surface area contributed by atoms with Crippen molar-refractivity contribution in [2.24, 2.45) is 0 Å². The van der Waals surface area contributed by atoms with E-state index in [9.17, 15) is 0 Å². The van der Waals surface area contributed by atoms with Gasteiger partial charge in [-0.15, -0.1) is 0 Å². The Morgan fingerprint density at radius 1 is 1.41 bits per heavy atom. The number of aryl methyl sites for hydroxylation is 1. The summed E-state index contributed by atoms with van der Waals surface area (Å²) < 4.78 is 7.45. The highest BCUT2D eigenvalue weighted by Gasteiger charge is 2.21. The van der Waals surface area contributed by atoms with E-state index in [2.05, 4.69) is 36.2 Å². The first kappa shape index (κ1) is 14.1. The first-order chi connectivity index (χ1) is 8.26. The summed E-state index contributed by atoms with van der Waals surface area (Å²) in [6.07, 6.45) is 3.69. The van der Waals surface area contributed by atoms with E-state index in [-0.39, 0.29) is 6.10 Å². The fourth-order valence-electron chi connectivity index (χ4n) is 2.12. The molecular weight excluding hydrogens is 216 g/mol. The van der Waals surface area contributed by atoms with Gasteiger partial charge in [0.1, 0.15) is 12.2 Å². The number of ether oxygens (including phenoxy) is 1. The van der Waals surface area contributed by atoms with Gasteiger partial charge in [0.2, 0.25) is 0 Å². The molecule has 0 bridgehead atoms. The van der Waals surface area contributed by atoms with Crippen LogP contribution in [0.3, 0.4) is 0 Å². The van der Waals surface area contributed by atoms with Gasteiger partial charge in [0.15, 0.2) is 0 Å². The van der Waals surface area contributed by atoms with Crippen LogP contribution in [0.15, 0.2) is 6.33 Å². The van der Waals surface area contributed by atoms with Crippen molar-refractivity contribution in [3.05, 3.63) is 12.2 Å². The van der Waals surface area contributed by atoms with Crippen LogP contribution in [-0.4, -0.2) is 40.6 Å². The van der Waals surface area contributed by atoms with Crippen molar-refractivity contribution < 1.29 is 4.74 Å². The average molecular weight is 240 g/mol. The standard InChI is InChI=1S/C12H24N4O/c1-5-11(17-4)10(13-6-2)8-12-14-9-15-16(12)7-3/h9-11,13H,5-8H2,1-4H3. The van der Waals surface area contributed by atoms with Gasteiger partial charge in [-0.25, -0.2) is 4.98 Å². The van der Waals surface area contributed by atoms with E-state index >= 15 is 0 Å². The molecule has 0 radical (unpaired) electrons. The predicted molar refractivity (Wildman–Crippen MR) is 68.0 cm³/mol. The molecule has 0 aromatic carbocycles. The summed E-state index contributed by atoms with van der Waals surface area (Å²) in [5, 5.41) is 7.66. The van der Waals surface area contributed by atoms with Crippen molar-refractivity contribution in [2.45, 2.75) is 52.3 Å². The molecule has 0 amide bonds. The molecule has 1 heterocycles. The van der Waals surface area contributed by atoms with Crippen LogP contribution in [0.25, 0.3) is 0 Å². The summed E-state index contributed by atoms with van der Waals surface area (Å²) in [5.41, 5.74) is 0.